The molecule has 0 spiro atoms. The topological polar surface area (TPSA) is 71.1 Å². The van der Waals surface area contributed by atoms with E-state index in [1.807, 2.05) is 0 Å². The Kier molecular flexibility index (Phi) is 4.87. The molecule has 2 aliphatic heterocycles. The monoisotopic (exact) mass is 385 g/mol. The van der Waals surface area contributed by atoms with Crippen molar-refractivity contribution in [1.82, 2.24) is 4.90 Å². The van der Waals surface area contributed by atoms with Crippen molar-refractivity contribution in [2.45, 2.75) is 6.10 Å². The first-order chi connectivity index (χ1) is 13.5. The van der Waals surface area contributed by atoms with Gasteiger partial charge in [0.05, 0.1) is 18.8 Å². The first kappa shape index (κ1) is 18.2. The van der Waals surface area contributed by atoms with Gasteiger partial charge in [-0.1, -0.05) is 12.1 Å². The summed E-state index contributed by atoms with van der Waals surface area (Å²) < 4.78 is 24.3. The zero-order chi connectivity index (χ0) is 19.7. The van der Waals surface area contributed by atoms with Crippen LogP contribution in [-0.2, 0) is 9.53 Å². The molecule has 1 fully saturated rings. The number of hydrogen-bond donors (Lipinski definition) is 1. The van der Waals surface area contributed by atoms with Gasteiger partial charge in [0.15, 0.2) is 6.61 Å². The first-order valence-corrected chi connectivity index (χ1v) is 8.97. The lowest BCUT2D eigenvalue weighted by Crippen LogP contribution is -2.44. The average molecular weight is 385 g/mol. The summed E-state index contributed by atoms with van der Waals surface area (Å²) in [6.07, 6.45) is -0.299. The normalized spacial score (nSPS) is 19.1. The fourth-order valence-corrected chi connectivity index (χ4v) is 3.27. The molecule has 0 saturated carbocycles. The summed E-state index contributed by atoms with van der Waals surface area (Å²) in [5.74, 6) is 0.117. The lowest BCUT2D eigenvalue weighted by molar-refractivity contribution is -0.120. The van der Waals surface area contributed by atoms with Gasteiger partial charge in [-0.2, -0.15) is 0 Å². The Morgan fingerprint density at radius 1 is 1.21 bits per heavy atom. The maximum Gasteiger partial charge on any atom is 0.322 e. The summed E-state index contributed by atoms with van der Waals surface area (Å²) in [5.41, 5.74) is 2.07. The molecule has 2 aromatic rings. The van der Waals surface area contributed by atoms with Crippen molar-refractivity contribution >= 4 is 23.3 Å². The van der Waals surface area contributed by atoms with Gasteiger partial charge in [-0.25, -0.2) is 9.18 Å². The second kappa shape index (κ2) is 7.47. The molecule has 8 heteroatoms. The predicted octanol–water partition coefficient (Wildman–Crippen LogP) is 2.79. The third kappa shape index (κ3) is 3.63. The van der Waals surface area contributed by atoms with Crippen molar-refractivity contribution in [3.63, 3.8) is 0 Å². The molecule has 3 amide bonds. The van der Waals surface area contributed by atoms with Crippen LogP contribution in [0.25, 0.3) is 0 Å². The van der Waals surface area contributed by atoms with Crippen molar-refractivity contribution in [2.75, 3.05) is 43.6 Å². The Hall–Kier alpha value is -3.13. The summed E-state index contributed by atoms with van der Waals surface area (Å²) in [7, 11) is 1.69. The summed E-state index contributed by atoms with van der Waals surface area (Å²) in [6.45, 7) is 1.21. The number of nitrogens with one attached hydrogen (secondary N) is 1. The predicted molar refractivity (Wildman–Crippen MR) is 101 cm³/mol. The molecule has 2 aromatic carbocycles. The number of fused-ring (bicyclic) bond motifs is 1. The van der Waals surface area contributed by atoms with Crippen molar-refractivity contribution in [3.05, 3.63) is 53.8 Å². The average Bonchev–Trinajstić information content (AvgIpc) is 2.71. The lowest BCUT2D eigenvalue weighted by Gasteiger charge is -2.33. The van der Waals surface area contributed by atoms with E-state index in [9.17, 15) is 14.0 Å². The van der Waals surface area contributed by atoms with Crippen LogP contribution in [0.1, 0.15) is 11.7 Å². The molecule has 0 radical (unpaired) electrons. The highest BCUT2D eigenvalue weighted by Gasteiger charge is 2.26. The Morgan fingerprint density at radius 3 is 2.79 bits per heavy atom. The van der Waals surface area contributed by atoms with Crippen LogP contribution < -0.4 is 15.0 Å². The Labute approximate surface area is 161 Å². The highest BCUT2D eigenvalue weighted by Crippen LogP contribution is 2.33. The van der Waals surface area contributed by atoms with Crippen molar-refractivity contribution < 1.29 is 23.5 Å². The van der Waals surface area contributed by atoms with E-state index in [4.69, 9.17) is 9.47 Å². The molecule has 4 rings (SSSR count). The Bertz CT molecular complexity index is 903. The number of hydrogen-bond acceptors (Lipinski definition) is 4. The third-order valence-corrected chi connectivity index (χ3v) is 4.89. The fraction of sp³-hybridized carbons (Fsp3) is 0.300. The van der Waals surface area contributed by atoms with E-state index in [1.54, 1.807) is 42.3 Å². The summed E-state index contributed by atoms with van der Waals surface area (Å²) >= 11 is 0. The van der Waals surface area contributed by atoms with Gasteiger partial charge in [0.1, 0.15) is 17.7 Å². The molecule has 0 aliphatic carbocycles. The first-order valence-electron chi connectivity index (χ1n) is 8.97. The van der Waals surface area contributed by atoms with Crippen LogP contribution in [0, 0.1) is 5.82 Å². The number of urea groups is 1. The van der Waals surface area contributed by atoms with Gasteiger partial charge >= 0.3 is 6.03 Å². The number of carbonyl (C=O) groups excluding carboxylic acids is 2. The molecule has 0 bridgehead atoms. The van der Waals surface area contributed by atoms with Crippen LogP contribution in [0.3, 0.4) is 0 Å². The minimum atomic E-state index is -0.309. The molecular weight excluding hydrogens is 365 g/mol. The standard InChI is InChI=1S/C20H20FN3O4/c1-23-16-7-6-15(10-17(16)28-12-19(23)25)22-20(26)24-8-9-27-18(11-24)13-2-4-14(21)5-3-13/h2-7,10,18H,8-9,11-12H2,1H3,(H,22,26)/t18-/m1/s1. The minimum absolute atomic E-state index is 0.0241. The molecule has 1 N–H and O–H groups in total. The van der Waals surface area contributed by atoms with Gasteiger partial charge < -0.3 is 24.6 Å². The van der Waals surface area contributed by atoms with Crippen LogP contribution in [0.15, 0.2) is 42.5 Å². The number of benzene rings is 2. The largest absolute Gasteiger partial charge is 0.481 e. The van der Waals surface area contributed by atoms with Crippen LogP contribution in [-0.4, -0.2) is 50.2 Å². The smallest absolute Gasteiger partial charge is 0.322 e. The summed E-state index contributed by atoms with van der Waals surface area (Å²) in [4.78, 5) is 27.5. The molecule has 1 atom stereocenters. The van der Waals surface area contributed by atoms with Gasteiger partial charge in [0.25, 0.3) is 5.91 Å². The van der Waals surface area contributed by atoms with Crippen LogP contribution in [0.5, 0.6) is 5.75 Å². The van der Waals surface area contributed by atoms with E-state index in [0.717, 1.165) is 5.56 Å². The molecule has 2 heterocycles. The van der Waals surface area contributed by atoms with E-state index >= 15 is 0 Å². The van der Waals surface area contributed by atoms with Gasteiger partial charge in [-0.05, 0) is 29.8 Å². The highest BCUT2D eigenvalue weighted by molar-refractivity contribution is 5.98. The maximum absolute atomic E-state index is 13.1. The second-order valence-electron chi connectivity index (χ2n) is 6.71. The quantitative estimate of drug-likeness (QED) is 0.863. The van der Waals surface area contributed by atoms with Crippen molar-refractivity contribution in [3.8, 4) is 5.75 Å². The summed E-state index contributed by atoms with van der Waals surface area (Å²) in [5, 5.41) is 2.86. The number of carbonyl (C=O) groups is 2. The molecule has 7 nitrogen and oxygen atoms in total. The number of nitrogens with zero attached hydrogens (tertiary/aromatic N) is 2. The molecule has 0 unspecified atom stereocenters. The van der Waals surface area contributed by atoms with E-state index in [-0.39, 0.29) is 30.5 Å². The lowest BCUT2D eigenvalue weighted by atomic mass is 10.1. The number of morpholine rings is 1. The number of halogens is 1. The number of rotatable bonds is 2. The molecular formula is C20H20FN3O4. The Morgan fingerprint density at radius 2 is 2.00 bits per heavy atom. The SMILES string of the molecule is CN1C(=O)COc2cc(NC(=O)N3CCO[C@@H](c4ccc(F)cc4)C3)ccc21. The number of likely N-dealkylation sites (N-methyl/N-ethyl adjacent to an activating group) is 1. The van der Waals surface area contributed by atoms with Crippen LogP contribution >= 0.6 is 0 Å². The number of amides is 3. The zero-order valence-corrected chi connectivity index (χ0v) is 15.4. The molecule has 28 heavy (non-hydrogen) atoms. The maximum atomic E-state index is 13.1. The molecule has 2 aliphatic rings. The van der Waals surface area contributed by atoms with E-state index in [0.29, 0.717) is 36.8 Å². The molecule has 146 valence electrons. The number of anilines is 2. The number of ether oxygens (including phenoxy) is 2. The second-order valence-corrected chi connectivity index (χ2v) is 6.71. The summed E-state index contributed by atoms with van der Waals surface area (Å²) in [6, 6.07) is 11.0. The van der Waals surface area contributed by atoms with Crippen LogP contribution in [0.4, 0.5) is 20.6 Å². The minimum Gasteiger partial charge on any atom is -0.481 e. The third-order valence-electron chi connectivity index (χ3n) is 4.89. The van der Waals surface area contributed by atoms with Gasteiger partial charge in [0, 0.05) is 25.3 Å². The molecule has 0 aromatic heterocycles. The zero-order valence-electron chi connectivity index (χ0n) is 15.4. The van der Waals surface area contributed by atoms with Gasteiger partial charge in [0.2, 0.25) is 0 Å². The van der Waals surface area contributed by atoms with E-state index in [1.165, 1.54) is 17.0 Å². The van der Waals surface area contributed by atoms with Gasteiger partial charge in [-0.3, -0.25) is 4.79 Å². The van der Waals surface area contributed by atoms with Crippen LogP contribution in [0.2, 0.25) is 0 Å². The van der Waals surface area contributed by atoms with Crippen molar-refractivity contribution in [1.29, 1.82) is 0 Å². The fourth-order valence-electron chi connectivity index (χ4n) is 3.27. The Balaban J connectivity index is 1.43. The van der Waals surface area contributed by atoms with E-state index in [2.05, 4.69) is 5.32 Å². The van der Waals surface area contributed by atoms with Crippen molar-refractivity contribution in [2.24, 2.45) is 0 Å². The highest BCUT2D eigenvalue weighted by atomic mass is 19.1. The molecule has 1 saturated heterocycles. The van der Waals surface area contributed by atoms with E-state index < -0.39 is 0 Å². The van der Waals surface area contributed by atoms with Gasteiger partial charge in [-0.15, -0.1) is 0 Å².